The highest BCUT2D eigenvalue weighted by Crippen LogP contribution is 2.35. The number of hydrogen-bond donors (Lipinski definition) is 1. The molecule has 0 saturated heterocycles. The highest BCUT2D eigenvalue weighted by Gasteiger charge is 2.42. The number of fused-ring (bicyclic) bond motifs is 2. The minimum absolute atomic E-state index is 0.00497. The number of ether oxygens (including phenoxy) is 4. The van der Waals surface area contributed by atoms with Crippen LogP contribution >= 0.6 is 0 Å². The number of carbonyl (C=O) groups is 1. The lowest BCUT2D eigenvalue weighted by Gasteiger charge is -2.14. The average molecular weight is 507 g/mol. The monoisotopic (exact) mass is 507 g/mol. The molecule has 10 nitrogen and oxygen atoms in total. The predicted octanol–water partition coefficient (Wildman–Crippen LogP) is 4.28. The lowest BCUT2D eigenvalue weighted by Crippen LogP contribution is -2.28. The van der Waals surface area contributed by atoms with E-state index >= 15 is 0 Å². The van der Waals surface area contributed by atoms with E-state index in [0.29, 0.717) is 16.9 Å². The maximum Gasteiger partial charge on any atom is 0.491 e. The molecule has 0 spiro atoms. The Morgan fingerprint density at radius 1 is 0.889 bits per heavy atom. The van der Waals surface area contributed by atoms with E-state index < -0.39 is 24.7 Å². The third-order valence-corrected chi connectivity index (χ3v) is 4.92. The molecule has 188 valence electrons. The van der Waals surface area contributed by atoms with Gasteiger partial charge in [0.15, 0.2) is 11.5 Å². The summed E-state index contributed by atoms with van der Waals surface area (Å²) in [5, 5.41) is 2.91. The summed E-state index contributed by atoms with van der Waals surface area (Å²) in [5.41, 5.74) is 0.369. The average Bonchev–Trinajstić information content (AvgIpc) is 2.86. The summed E-state index contributed by atoms with van der Waals surface area (Å²) < 4.78 is 72.6. The number of anilines is 2. The third kappa shape index (κ3) is 4.69. The molecule has 2 aromatic heterocycles. The van der Waals surface area contributed by atoms with E-state index in [1.54, 1.807) is 0 Å². The molecule has 4 aromatic rings. The Morgan fingerprint density at radius 3 is 2.17 bits per heavy atom. The Bertz CT molecular complexity index is 1460. The summed E-state index contributed by atoms with van der Waals surface area (Å²) >= 11 is 0. The van der Waals surface area contributed by atoms with Gasteiger partial charge in [0.05, 0.1) is 38.1 Å². The number of nitrogens with one attached hydrogen (secondary N) is 1. The van der Waals surface area contributed by atoms with Crippen LogP contribution in [0.2, 0.25) is 0 Å². The summed E-state index contributed by atoms with van der Waals surface area (Å²) in [6.45, 7) is -0.965. The molecule has 0 unspecified atom stereocenters. The SMILES string of the molecule is COc1cc2nc(Nc3nc(OC(=O)C(F)(F)F)c4c(OC)cccc4n3)nc(CF)c2cc1OC. The summed E-state index contributed by atoms with van der Waals surface area (Å²) in [5.74, 6) is -2.93. The van der Waals surface area contributed by atoms with Crippen molar-refractivity contribution in [3.8, 4) is 23.1 Å². The standard InChI is InChI=1S/C22H17F4N5O5/c1-33-14-6-4-5-11-17(14)18(36-19(32)22(24,25)26)30-21(27-11)31-20-28-12-8-16(35-3)15(34-2)7-10(12)13(9-23)29-20/h4-8H,9H2,1-3H3,(H,27,28,29,30,31). The molecule has 1 N–H and O–H groups in total. The number of aromatic nitrogens is 4. The zero-order chi connectivity index (χ0) is 26.0. The number of rotatable bonds is 7. The van der Waals surface area contributed by atoms with E-state index in [1.807, 2.05) is 0 Å². The molecular weight excluding hydrogens is 490 g/mol. The quantitative estimate of drug-likeness (QED) is 0.287. The Balaban J connectivity index is 1.83. The van der Waals surface area contributed by atoms with Crippen LogP contribution in [0.1, 0.15) is 5.69 Å². The smallest absolute Gasteiger partial charge is 0.491 e. The molecule has 0 bridgehead atoms. The number of methoxy groups -OCH3 is 3. The zero-order valence-electron chi connectivity index (χ0n) is 18.9. The molecule has 0 aliphatic heterocycles. The van der Waals surface area contributed by atoms with Gasteiger partial charge in [-0.1, -0.05) is 6.07 Å². The van der Waals surface area contributed by atoms with Crippen molar-refractivity contribution in [2.24, 2.45) is 0 Å². The van der Waals surface area contributed by atoms with Crippen molar-refractivity contribution in [1.82, 2.24) is 19.9 Å². The summed E-state index contributed by atoms with van der Waals surface area (Å²) in [7, 11) is 4.12. The molecule has 2 aromatic carbocycles. The number of halogens is 4. The first-order valence-electron chi connectivity index (χ1n) is 10.1. The molecule has 0 aliphatic rings. The van der Waals surface area contributed by atoms with Crippen molar-refractivity contribution in [1.29, 1.82) is 0 Å². The van der Waals surface area contributed by atoms with Gasteiger partial charge in [0, 0.05) is 11.5 Å². The second kappa shape index (κ2) is 9.64. The highest BCUT2D eigenvalue weighted by molar-refractivity contribution is 5.93. The second-order valence-electron chi connectivity index (χ2n) is 7.07. The number of esters is 1. The van der Waals surface area contributed by atoms with Crippen LogP contribution in [0.15, 0.2) is 30.3 Å². The van der Waals surface area contributed by atoms with Crippen LogP contribution in [0.25, 0.3) is 21.8 Å². The van der Waals surface area contributed by atoms with Crippen molar-refractivity contribution in [2.75, 3.05) is 26.6 Å². The predicted molar refractivity (Wildman–Crippen MR) is 119 cm³/mol. The maximum absolute atomic E-state index is 13.8. The van der Waals surface area contributed by atoms with Crippen LogP contribution < -0.4 is 24.3 Å². The first-order chi connectivity index (χ1) is 17.2. The molecule has 0 amide bonds. The van der Waals surface area contributed by atoms with Crippen molar-refractivity contribution < 1.29 is 41.3 Å². The Morgan fingerprint density at radius 2 is 1.53 bits per heavy atom. The molecule has 0 atom stereocenters. The largest absolute Gasteiger partial charge is 0.496 e. The lowest BCUT2D eigenvalue weighted by molar-refractivity contribution is -0.189. The van der Waals surface area contributed by atoms with Crippen LogP contribution in [0, 0.1) is 0 Å². The van der Waals surface area contributed by atoms with E-state index in [-0.39, 0.29) is 39.8 Å². The van der Waals surface area contributed by atoms with Gasteiger partial charge in [-0.15, -0.1) is 0 Å². The number of nitrogens with zero attached hydrogens (tertiary/aromatic N) is 4. The van der Waals surface area contributed by atoms with Gasteiger partial charge in [0.1, 0.15) is 17.8 Å². The van der Waals surface area contributed by atoms with Crippen LogP contribution in [-0.2, 0) is 11.5 Å². The second-order valence-corrected chi connectivity index (χ2v) is 7.07. The molecular formula is C22H17F4N5O5. The van der Waals surface area contributed by atoms with Crippen LogP contribution in [0.4, 0.5) is 29.5 Å². The molecule has 4 rings (SSSR count). The van der Waals surface area contributed by atoms with Gasteiger partial charge >= 0.3 is 12.1 Å². The van der Waals surface area contributed by atoms with Crippen LogP contribution in [-0.4, -0.2) is 53.4 Å². The summed E-state index contributed by atoms with van der Waals surface area (Å²) in [6, 6.07) is 7.43. The van der Waals surface area contributed by atoms with E-state index in [0.717, 1.165) is 0 Å². The zero-order valence-corrected chi connectivity index (χ0v) is 18.9. The number of alkyl halides is 4. The van der Waals surface area contributed by atoms with Gasteiger partial charge in [-0.05, 0) is 18.2 Å². The van der Waals surface area contributed by atoms with E-state index in [2.05, 4.69) is 30.0 Å². The summed E-state index contributed by atoms with van der Waals surface area (Å²) in [4.78, 5) is 28.0. The normalized spacial score (nSPS) is 11.4. The molecule has 0 saturated carbocycles. The Hall–Kier alpha value is -4.49. The van der Waals surface area contributed by atoms with Gasteiger partial charge in [0.2, 0.25) is 17.8 Å². The topological polar surface area (TPSA) is 118 Å². The molecule has 0 fully saturated rings. The van der Waals surface area contributed by atoms with Crippen LogP contribution in [0.3, 0.4) is 0 Å². The fourth-order valence-corrected chi connectivity index (χ4v) is 3.34. The molecule has 14 heteroatoms. The molecule has 0 aliphatic carbocycles. The van der Waals surface area contributed by atoms with Gasteiger partial charge < -0.3 is 18.9 Å². The minimum Gasteiger partial charge on any atom is -0.496 e. The van der Waals surface area contributed by atoms with E-state index in [1.165, 1.54) is 51.7 Å². The minimum atomic E-state index is -5.27. The maximum atomic E-state index is 13.8. The van der Waals surface area contributed by atoms with Gasteiger partial charge in [-0.3, -0.25) is 5.32 Å². The first-order valence-corrected chi connectivity index (χ1v) is 10.1. The fraction of sp³-hybridized carbons (Fsp3) is 0.227. The third-order valence-electron chi connectivity index (χ3n) is 4.92. The van der Waals surface area contributed by atoms with Crippen molar-refractivity contribution in [3.05, 3.63) is 36.0 Å². The number of carbonyl (C=O) groups excluding carboxylic acids is 1. The lowest BCUT2D eigenvalue weighted by atomic mass is 10.1. The Labute approximate surface area is 200 Å². The van der Waals surface area contributed by atoms with Crippen molar-refractivity contribution >= 4 is 39.7 Å². The Kier molecular flexibility index (Phi) is 6.59. The van der Waals surface area contributed by atoms with Gasteiger partial charge in [-0.25, -0.2) is 24.1 Å². The number of hydrogen-bond acceptors (Lipinski definition) is 10. The highest BCUT2D eigenvalue weighted by atomic mass is 19.4. The molecule has 36 heavy (non-hydrogen) atoms. The van der Waals surface area contributed by atoms with Crippen molar-refractivity contribution in [2.45, 2.75) is 12.9 Å². The van der Waals surface area contributed by atoms with Crippen LogP contribution in [0.5, 0.6) is 23.1 Å². The summed E-state index contributed by atoms with van der Waals surface area (Å²) in [6.07, 6.45) is -5.27. The first kappa shape index (κ1) is 24.6. The molecule has 2 heterocycles. The van der Waals surface area contributed by atoms with Crippen molar-refractivity contribution in [3.63, 3.8) is 0 Å². The fourth-order valence-electron chi connectivity index (χ4n) is 3.34. The van der Waals surface area contributed by atoms with E-state index in [9.17, 15) is 22.4 Å². The number of benzene rings is 2. The van der Waals surface area contributed by atoms with Gasteiger partial charge in [-0.2, -0.15) is 18.2 Å². The molecule has 0 radical (unpaired) electrons. The van der Waals surface area contributed by atoms with Gasteiger partial charge in [0.25, 0.3) is 0 Å². The van der Waals surface area contributed by atoms with E-state index in [4.69, 9.17) is 14.2 Å².